The molecular weight excluding hydrogens is 1260 g/mol. The molecule has 2 saturated heterocycles. The van der Waals surface area contributed by atoms with Gasteiger partial charge in [-0.05, 0) is 88.5 Å². The first-order valence-electron chi connectivity index (χ1n) is 35.7. The quantitative estimate of drug-likeness (QED) is 0.112. The Morgan fingerprint density at radius 3 is 1.50 bits per heavy atom. The standard InChI is InChI=1S/C73H128N10O15/c1-26-28-29-48(13)64(87)63-65(88)74-54(27-2)69(92)76(19)52(17)67(90)81(24)62(51(16)42-97-34-35-98-73(96)83-32-30-75(18)31-33-83)60(86)41-53(46(9)10)68(91)77(20)55(36-43(3)4)59(85)39-49(14)58(84)40-50(15)66(89)78(21)56(37-44(5)6)70(93)79(22)57(38-45(7)8)71(94)80(23)61(47(11)12)72(95)82(63)25/h26,28,43-57,61-64,87H,27,29-42H2,1-25H3,(H,74,88)/b28-26+/t48-,49-,50+,51-,52-,53+,54+,55+,56+,57+,61+,62+,63+,64-/m1/s1. The second kappa shape index (κ2) is 40.8. The molecule has 25 nitrogen and oxygen atoms in total. The first-order chi connectivity index (χ1) is 45.5. The van der Waals surface area contributed by atoms with Gasteiger partial charge in [-0.1, -0.05) is 116 Å². The molecule has 2 aliphatic heterocycles. The zero-order valence-electron chi connectivity index (χ0n) is 64.4. The lowest BCUT2D eigenvalue weighted by Gasteiger charge is -2.41. The van der Waals surface area contributed by atoms with Crippen molar-refractivity contribution in [3.8, 4) is 0 Å². The van der Waals surface area contributed by atoms with Crippen molar-refractivity contribution in [2.45, 2.75) is 224 Å². The van der Waals surface area contributed by atoms with E-state index in [0.717, 1.165) is 9.80 Å². The summed E-state index contributed by atoms with van der Waals surface area (Å²) in [4.78, 5) is 190. The lowest BCUT2D eigenvalue weighted by Crippen LogP contribution is -2.63. The van der Waals surface area contributed by atoms with Crippen LogP contribution in [-0.4, -0.2) is 277 Å². The number of likely N-dealkylation sites (N-methyl/N-ethyl adjacent to an activating group) is 8. The van der Waals surface area contributed by atoms with Gasteiger partial charge in [0.15, 0.2) is 11.6 Å². The van der Waals surface area contributed by atoms with Gasteiger partial charge in [-0.15, -0.1) is 0 Å². The molecule has 0 unspecified atom stereocenters. The molecule has 0 aliphatic carbocycles. The molecule has 0 radical (unpaired) electrons. The van der Waals surface area contributed by atoms with E-state index in [-0.39, 0.29) is 88.3 Å². The van der Waals surface area contributed by atoms with E-state index in [9.17, 15) is 29.1 Å². The third-order valence-corrected chi connectivity index (χ3v) is 19.9. The van der Waals surface area contributed by atoms with Gasteiger partial charge in [0.1, 0.15) is 48.6 Å². The maximum absolute atomic E-state index is 15.3. The van der Waals surface area contributed by atoms with Crippen LogP contribution in [0.4, 0.5) is 4.79 Å². The number of carbonyl (C=O) groups excluding carboxylic acids is 12. The van der Waals surface area contributed by atoms with Crippen LogP contribution in [0.15, 0.2) is 12.2 Å². The highest BCUT2D eigenvalue weighted by Crippen LogP contribution is 2.30. The van der Waals surface area contributed by atoms with Gasteiger partial charge >= 0.3 is 6.09 Å². The summed E-state index contributed by atoms with van der Waals surface area (Å²) < 4.78 is 11.6. The number of allylic oxidation sites excluding steroid dienone is 2. The van der Waals surface area contributed by atoms with E-state index in [4.69, 9.17) is 9.47 Å². The second-order valence-electron chi connectivity index (χ2n) is 30.2. The number of ether oxygens (including phenoxy) is 2. The van der Waals surface area contributed by atoms with Gasteiger partial charge in [0.05, 0.1) is 31.4 Å². The molecule has 98 heavy (non-hydrogen) atoms. The van der Waals surface area contributed by atoms with E-state index < -0.39 is 161 Å². The molecule has 2 N–H and O–H groups in total. The van der Waals surface area contributed by atoms with Gasteiger partial charge in [-0.2, -0.15) is 0 Å². The second-order valence-corrected chi connectivity index (χ2v) is 30.2. The first kappa shape index (κ1) is 87.7. The number of nitrogens with zero attached hydrogens (tertiary/aromatic N) is 9. The number of nitrogens with one attached hydrogen (secondary N) is 1. The molecule has 0 aromatic carbocycles. The van der Waals surface area contributed by atoms with Gasteiger partial charge in [0.2, 0.25) is 47.3 Å². The van der Waals surface area contributed by atoms with Crippen molar-refractivity contribution in [1.29, 1.82) is 0 Å². The van der Waals surface area contributed by atoms with Gasteiger partial charge in [0, 0.05) is 118 Å². The van der Waals surface area contributed by atoms with Gasteiger partial charge in [-0.25, -0.2) is 4.79 Å². The number of piperazine rings is 1. The van der Waals surface area contributed by atoms with Gasteiger partial charge in [-0.3, -0.25) is 52.7 Å². The zero-order chi connectivity index (χ0) is 75.2. The molecule has 0 bridgehead atoms. The Morgan fingerprint density at radius 2 is 1.00 bits per heavy atom. The van der Waals surface area contributed by atoms with E-state index in [1.54, 1.807) is 86.3 Å². The van der Waals surface area contributed by atoms with Crippen molar-refractivity contribution >= 4 is 70.7 Å². The summed E-state index contributed by atoms with van der Waals surface area (Å²) in [5.41, 5.74) is 0. The lowest BCUT2D eigenvalue weighted by atomic mass is 9.83. The van der Waals surface area contributed by atoms with Crippen molar-refractivity contribution in [2.75, 3.05) is 102 Å². The number of amides is 9. The van der Waals surface area contributed by atoms with Crippen LogP contribution in [0.2, 0.25) is 0 Å². The van der Waals surface area contributed by atoms with Crippen molar-refractivity contribution in [3.63, 3.8) is 0 Å². The van der Waals surface area contributed by atoms with Crippen LogP contribution >= 0.6 is 0 Å². The Balaban J connectivity index is 3.00. The van der Waals surface area contributed by atoms with Gasteiger partial charge in [0.25, 0.3) is 0 Å². The Hall–Kier alpha value is -6.34. The van der Waals surface area contributed by atoms with Crippen LogP contribution in [-0.2, 0) is 62.2 Å². The van der Waals surface area contributed by atoms with E-state index in [2.05, 4.69) is 10.2 Å². The average molecular weight is 1390 g/mol. The van der Waals surface area contributed by atoms with Crippen molar-refractivity contribution in [1.82, 2.24) is 49.4 Å². The summed E-state index contributed by atoms with van der Waals surface area (Å²) in [5.74, 6) is -12.3. The van der Waals surface area contributed by atoms with Gasteiger partial charge < -0.3 is 64.0 Å². The molecule has 560 valence electrons. The smallest absolute Gasteiger partial charge is 0.409 e. The molecule has 0 aromatic rings. The van der Waals surface area contributed by atoms with Crippen LogP contribution in [0.5, 0.6) is 0 Å². The fourth-order valence-corrected chi connectivity index (χ4v) is 13.2. The Labute approximate surface area is 587 Å². The number of aliphatic hydroxyl groups is 1. The maximum atomic E-state index is 15.3. The highest BCUT2D eigenvalue weighted by Gasteiger charge is 2.47. The first-order valence-corrected chi connectivity index (χ1v) is 35.7. The highest BCUT2D eigenvalue weighted by atomic mass is 16.6. The third-order valence-electron chi connectivity index (χ3n) is 19.9. The number of hydrogen-bond donors (Lipinski definition) is 2. The minimum Gasteiger partial charge on any atom is -0.447 e. The number of ketones is 3. The predicted molar refractivity (Wildman–Crippen MR) is 378 cm³/mol. The SMILES string of the molecule is C/C=C/C[C@@H](C)[C@@H](O)[C@H]1C(=O)N[C@@H](CC)C(=O)N(C)[C@H](C)C(=O)N(C)[C@@H]([C@H](C)COCCOC(=O)N2CCN(C)CC2)C(=O)C[C@@H](C(C)C)C(=O)N(C)[C@@H](CC(C)C)C(=O)C[C@@H](C)C(=O)C[C@H](C)C(=O)N(C)[C@@H](CC(C)C)C(=O)N(C)[C@@H](CC(C)C)C(=O)N(C)[C@@H](C(C)C)C(=O)N1C. The molecule has 2 fully saturated rings. The molecule has 2 aliphatic rings. The van der Waals surface area contributed by atoms with E-state index in [1.165, 1.54) is 80.8 Å². The lowest BCUT2D eigenvalue weighted by molar-refractivity contribution is -0.157. The molecule has 0 saturated carbocycles. The molecular formula is C73H128N10O15. The molecule has 14 atom stereocenters. The van der Waals surface area contributed by atoms with Crippen LogP contribution in [0.25, 0.3) is 0 Å². The van der Waals surface area contributed by atoms with E-state index in [0.29, 0.717) is 32.6 Å². The Kier molecular flexibility index (Phi) is 36.5. The number of aliphatic hydroxyl groups excluding tert-OH is 1. The molecule has 0 aromatic heterocycles. The Bertz CT molecular complexity index is 2710. The molecule has 25 heteroatoms. The molecule has 9 amide bonds. The van der Waals surface area contributed by atoms with Crippen LogP contribution < -0.4 is 5.32 Å². The summed E-state index contributed by atoms with van der Waals surface area (Å²) in [6.45, 7) is 32.0. The average Bonchev–Trinajstić information content (AvgIpc) is 0.810. The molecule has 2 rings (SSSR count). The monoisotopic (exact) mass is 1380 g/mol. The minimum atomic E-state index is -1.65. The van der Waals surface area contributed by atoms with Crippen LogP contribution in [0, 0.1) is 59.2 Å². The largest absolute Gasteiger partial charge is 0.447 e. The summed E-state index contributed by atoms with van der Waals surface area (Å²) >= 11 is 0. The number of hydrogen-bond acceptors (Lipinski definition) is 16. The number of Topliss-reactive ketones (excluding diaryl/α,β-unsaturated/α-hetero) is 3. The van der Waals surface area contributed by atoms with Crippen LogP contribution in [0.3, 0.4) is 0 Å². The summed E-state index contributed by atoms with van der Waals surface area (Å²) in [6.07, 6.45) is 1.46. The van der Waals surface area contributed by atoms with Crippen LogP contribution in [0.1, 0.15) is 169 Å². The summed E-state index contributed by atoms with van der Waals surface area (Å²) in [5, 5.41) is 15.0. The predicted octanol–water partition coefficient (Wildman–Crippen LogP) is 5.92. The van der Waals surface area contributed by atoms with Crippen molar-refractivity contribution in [2.24, 2.45) is 59.2 Å². The Morgan fingerprint density at radius 1 is 0.520 bits per heavy atom. The maximum Gasteiger partial charge on any atom is 0.409 e. The third kappa shape index (κ3) is 24.5. The molecule has 0 spiro atoms. The minimum absolute atomic E-state index is 0.0172. The topological polar surface area (TPSA) is 285 Å². The fraction of sp³-hybridized carbons (Fsp3) is 0.808. The normalized spacial score (nSPS) is 27.3. The summed E-state index contributed by atoms with van der Waals surface area (Å²) in [6, 6.07) is -10.1. The zero-order valence-corrected chi connectivity index (χ0v) is 64.4. The van der Waals surface area contributed by atoms with E-state index >= 15 is 33.6 Å². The fourth-order valence-electron chi connectivity index (χ4n) is 13.2. The van der Waals surface area contributed by atoms with Crippen molar-refractivity contribution < 1.29 is 72.1 Å². The number of rotatable bonds is 19. The van der Waals surface area contributed by atoms with Crippen molar-refractivity contribution in [3.05, 3.63) is 12.2 Å². The highest BCUT2D eigenvalue weighted by molar-refractivity contribution is 6.00. The van der Waals surface area contributed by atoms with E-state index in [1.807, 2.05) is 48.6 Å². The number of carbonyl (C=O) groups is 12. The molecule has 2 heterocycles. The summed E-state index contributed by atoms with van der Waals surface area (Å²) in [7, 11) is 12.0.